The molecular formula is C22H26ClN3O2. The zero-order chi connectivity index (χ0) is 19.8. The van der Waals surface area contributed by atoms with Crippen LogP contribution in [0.3, 0.4) is 0 Å². The lowest BCUT2D eigenvalue weighted by molar-refractivity contribution is -0.139. The van der Waals surface area contributed by atoms with Gasteiger partial charge in [0.1, 0.15) is 0 Å². The van der Waals surface area contributed by atoms with Gasteiger partial charge in [-0.15, -0.1) is 0 Å². The van der Waals surface area contributed by atoms with Crippen LogP contribution in [0, 0.1) is 0 Å². The highest BCUT2D eigenvalue weighted by Crippen LogP contribution is 2.20. The number of piperidine rings is 1. The minimum Gasteiger partial charge on any atom is -0.372 e. The van der Waals surface area contributed by atoms with Crippen LogP contribution in [-0.2, 0) is 22.6 Å². The van der Waals surface area contributed by atoms with Crippen LogP contribution in [0.1, 0.15) is 30.4 Å². The zero-order valence-corrected chi connectivity index (χ0v) is 16.7. The third-order valence-corrected chi connectivity index (χ3v) is 5.33. The summed E-state index contributed by atoms with van der Waals surface area (Å²) in [4.78, 5) is 26.3. The molecule has 0 atom stereocenters. The number of benzene rings is 2. The average molecular weight is 400 g/mol. The van der Waals surface area contributed by atoms with Crippen LogP contribution in [0.2, 0.25) is 5.02 Å². The van der Waals surface area contributed by atoms with Gasteiger partial charge in [0.05, 0.1) is 0 Å². The number of halogens is 1. The Morgan fingerprint density at radius 2 is 1.57 bits per heavy atom. The highest BCUT2D eigenvalue weighted by Gasteiger charge is 2.13. The normalized spacial score (nSPS) is 13.8. The first kappa shape index (κ1) is 20.2. The van der Waals surface area contributed by atoms with Crippen molar-refractivity contribution in [2.75, 3.05) is 24.5 Å². The van der Waals surface area contributed by atoms with Gasteiger partial charge < -0.3 is 15.5 Å². The first-order chi connectivity index (χ1) is 13.6. The maximum absolute atomic E-state index is 11.9. The average Bonchev–Trinajstić information content (AvgIpc) is 2.74. The van der Waals surface area contributed by atoms with Gasteiger partial charge in [-0.2, -0.15) is 0 Å². The van der Waals surface area contributed by atoms with Gasteiger partial charge >= 0.3 is 11.8 Å². The molecule has 0 saturated carbocycles. The number of amides is 2. The van der Waals surface area contributed by atoms with E-state index in [0.29, 0.717) is 18.0 Å². The van der Waals surface area contributed by atoms with Crippen molar-refractivity contribution in [2.45, 2.75) is 32.2 Å². The maximum Gasteiger partial charge on any atom is 0.309 e. The van der Waals surface area contributed by atoms with Crippen LogP contribution in [0.5, 0.6) is 0 Å². The first-order valence-corrected chi connectivity index (χ1v) is 10.1. The summed E-state index contributed by atoms with van der Waals surface area (Å²) in [6, 6.07) is 15.7. The minimum absolute atomic E-state index is 0.226. The van der Waals surface area contributed by atoms with Crippen LogP contribution >= 0.6 is 11.6 Å². The predicted octanol–water partition coefficient (Wildman–Crippen LogP) is 3.31. The predicted molar refractivity (Wildman–Crippen MR) is 113 cm³/mol. The van der Waals surface area contributed by atoms with Gasteiger partial charge in [-0.3, -0.25) is 9.59 Å². The summed E-state index contributed by atoms with van der Waals surface area (Å²) >= 11 is 6.04. The lowest BCUT2D eigenvalue weighted by Crippen LogP contribution is -2.40. The van der Waals surface area contributed by atoms with Gasteiger partial charge in [-0.05, 0) is 55.0 Å². The molecule has 2 aromatic rings. The fourth-order valence-electron chi connectivity index (χ4n) is 3.32. The van der Waals surface area contributed by atoms with E-state index < -0.39 is 11.8 Å². The van der Waals surface area contributed by atoms with Gasteiger partial charge in [0, 0.05) is 36.9 Å². The van der Waals surface area contributed by atoms with E-state index in [2.05, 4.69) is 39.8 Å². The lowest BCUT2D eigenvalue weighted by Gasteiger charge is -2.28. The fraction of sp³-hybridized carbons (Fsp3) is 0.364. The van der Waals surface area contributed by atoms with Gasteiger partial charge in [0.2, 0.25) is 0 Å². The summed E-state index contributed by atoms with van der Waals surface area (Å²) < 4.78 is 0. The molecule has 2 aromatic carbocycles. The molecule has 0 radical (unpaired) electrons. The Kier molecular flexibility index (Phi) is 7.31. The molecule has 6 heteroatoms. The van der Waals surface area contributed by atoms with E-state index >= 15 is 0 Å². The second-order valence-electron chi connectivity index (χ2n) is 6.99. The topological polar surface area (TPSA) is 61.4 Å². The van der Waals surface area contributed by atoms with Crippen LogP contribution in [0.25, 0.3) is 0 Å². The van der Waals surface area contributed by atoms with E-state index in [4.69, 9.17) is 11.6 Å². The number of carbonyl (C=O) groups is 2. The number of rotatable bonds is 6. The van der Waals surface area contributed by atoms with Crippen molar-refractivity contribution in [1.82, 2.24) is 10.6 Å². The van der Waals surface area contributed by atoms with E-state index in [1.807, 2.05) is 18.2 Å². The molecule has 148 valence electrons. The molecular weight excluding hydrogens is 374 g/mol. The molecule has 1 saturated heterocycles. The molecule has 2 N–H and O–H groups in total. The van der Waals surface area contributed by atoms with Crippen LogP contribution in [-0.4, -0.2) is 31.4 Å². The largest absolute Gasteiger partial charge is 0.372 e. The SMILES string of the molecule is O=C(NCCc1ccc(N2CCCCC2)cc1)C(=O)NCc1ccccc1Cl. The molecule has 28 heavy (non-hydrogen) atoms. The fourth-order valence-corrected chi connectivity index (χ4v) is 3.53. The van der Waals surface area contributed by atoms with E-state index in [1.54, 1.807) is 6.07 Å². The smallest absolute Gasteiger partial charge is 0.309 e. The summed E-state index contributed by atoms with van der Waals surface area (Å²) in [5.74, 6) is -1.28. The number of anilines is 1. The number of nitrogens with one attached hydrogen (secondary N) is 2. The highest BCUT2D eigenvalue weighted by atomic mass is 35.5. The molecule has 1 aliphatic rings. The first-order valence-electron chi connectivity index (χ1n) is 9.77. The van der Waals surface area contributed by atoms with E-state index in [1.165, 1.54) is 24.9 Å². The molecule has 3 rings (SSSR count). The molecule has 1 fully saturated rings. The number of carbonyl (C=O) groups excluding carboxylic acids is 2. The van der Waals surface area contributed by atoms with Gasteiger partial charge in [-0.1, -0.05) is 41.9 Å². The maximum atomic E-state index is 11.9. The summed E-state index contributed by atoms with van der Waals surface area (Å²) in [5, 5.41) is 5.82. The molecule has 1 heterocycles. The molecule has 1 aliphatic heterocycles. The van der Waals surface area contributed by atoms with Gasteiger partial charge in [-0.25, -0.2) is 0 Å². The van der Waals surface area contributed by atoms with Crippen molar-refractivity contribution in [3.05, 3.63) is 64.7 Å². The van der Waals surface area contributed by atoms with Crippen LogP contribution in [0.4, 0.5) is 5.69 Å². The highest BCUT2D eigenvalue weighted by molar-refractivity contribution is 6.35. The van der Waals surface area contributed by atoms with Gasteiger partial charge in [0.15, 0.2) is 0 Å². The third-order valence-electron chi connectivity index (χ3n) is 4.96. The molecule has 0 aliphatic carbocycles. The van der Waals surface area contributed by atoms with Crippen molar-refractivity contribution >= 4 is 29.1 Å². The van der Waals surface area contributed by atoms with E-state index in [9.17, 15) is 9.59 Å². The molecule has 0 aromatic heterocycles. The Bertz CT molecular complexity index is 802. The minimum atomic E-state index is -0.652. The van der Waals surface area contributed by atoms with Crippen molar-refractivity contribution in [2.24, 2.45) is 0 Å². The van der Waals surface area contributed by atoms with Crippen LogP contribution in [0.15, 0.2) is 48.5 Å². The Balaban J connectivity index is 1.39. The second kappa shape index (κ2) is 10.1. The number of hydrogen-bond acceptors (Lipinski definition) is 3. The summed E-state index contributed by atoms with van der Waals surface area (Å²) in [6.07, 6.45) is 4.52. The Morgan fingerprint density at radius 3 is 2.29 bits per heavy atom. The Labute approximate surface area is 171 Å². The number of hydrogen-bond donors (Lipinski definition) is 2. The second-order valence-corrected chi connectivity index (χ2v) is 7.40. The Hall–Kier alpha value is -2.53. The van der Waals surface area contributed by atoms with E-state index in [-0.39, 0.29) is 6.54 Å². The zero-order valence-electron chi connectivity index (χ0n) is 15.9. The molecule has 0 spiro atoms. The van der Waals surface area contributed by atoms with Crippen molar-refractivity contribution < 1.29 is 9.59 Å². The van der Waals surface area contributed by atoms with E-state index in [0.717, 1.165) is 24.2 Å². The van der Waals surface area contributed by atoms with Crippen LogP contribution < -0.4 is 15.5 Å². The standard InChI is InChI=1S/C22H26ClN3O2/c23-20-7-3-2-6-18(20)16-25-22(28)21(27)24-13-12-17-8-10-19(11-9-17)26-14-4-1-5-15-26/h2-3,6-11H,1,4-5,12-16H2,(H,24,27)(H,25,28). The lowest BCUT2D eigenvalue weighted by atomic mass is 10.1. The molecule has 5 nitrogen and oxygen atoms in total. The number of nitrogens with zero attached hydrogens (tertiary/aromatic N) is 1. The summed E-state index contributed by atoms with van der Waals surface area (Å²) in [7, 11) is 0. The molecule has 2 amide bonds. The molecule has 0 bridgehead atoms. The van der Waals surface area contributed by atoms with Crippen molar-refractivity contribution in [1.29, 1.82) is 0 Å². The Morgan fingerprint density at radius 1 is 0.893 bits per heavy atom. The third kappa shape index (κ3) is 5.73. The quantitative estimate of drug-likeness (QED) is 0.732. The summed E-state index contributed by atoms with van der Waals surface area (Å²) in [6.45, 7) is 2.89. The van der Waals surface area contributed by atoms with Crippen molar-refractivity contribution in [3.63, 3.8) is 0 Å². The van der Waals surface area contributed by atoms with Gasteiger partial charge in [0.25, 0.3) is 0 Å². The monoisotopic (exact) mass is 399 g/mol. The summed E-state index contributed by atoms with van der Waals surface area (Å²) in [5.41, 5.74) is 3.17. The van der Waals surface area contributed by atoms with Crippen molar-refractivity contribution in [3.8, 4) is 0 Å². The molecule has 0 unspecified atom stereocenters.